The standard InChI is InChI=1S/C13H19F2NO/c1-2-5-17-6-3-4-16-10-11-7-12(14)9-13(15)8-11/h7-9,16H,2-6,10H2,1H3. The van der Waals surface area contributed by atoms with Crippen LogP contribution in [0.15, 0.2) is 18.2 Å². The Kier molecular flexibility index (Phi) is 6.74. The molecule has 0 heterocycles. The zero-order chi connectivity index (χ0) is 12.5. The van der Waals surface area contributed by atoms with Crippen LogP contribution in [0.25, 0.3) is 0 Å². The van der Waals surface area contributed by atoms with E-state index in [4.69, 9.17) is 4.74 Å². The van der Waals surface area contributed by atoms with Gasteiger partial charge < -0.3 is 10.1 Å². The SMILES string of the molecule is CCCOCCCNCc1cc(F)cc(F)c1. The summed E-state index contributed by atoms with van der Waals surface area (Å²) in [5.74, 6) is -1.07. The molecule has 1 aromatic rings. The average Bonchev–Trinajstić information content (AvgIpc) is 2.26. The first-order chi connectivity index (χ1) is 8.22. The summed E-state index contributed by atoms with van der Waals surface area (Å²) in [5.41, 5.74) is 0.622. The van der Waals surface area contributed by atoms with Crippen molar-refractivity contribution < 1.29 is 13.5 Å². The second kappa shape index (κ2) is 8.14. The van der Waals surface area contributed by atoms with Crippen molar-refractivity contribution in [1.29, 1.82) is 0 Å². The summed E-state index contributed by atoms with van der Waals surface area (Å²) in [4.78, 5) is 0. The van der Waals surface area contributed by atoms with Crippen LogP contribution in [-0.2, 0) is 11.3 Å². The Morgan fingerprint density at radius 2 is 1.82 bits per heavy atom. The summed E-state index contributed by atoms with van der Waals surface area (Å²) >= 11 is 0. The first-order valence-electron chi connectivity index (χ1n) is 5.96. The molecule has 0 aliphatic rings. The molecule has 0 aliphatic carbocycles. The molecule has 0 fully saturated rings. The first kappa shape index (κ1) is 14.1. The Labute approximate surface area is 101 Å². The zero-order valence-corrected chi connectivity index (χ0v) is 10.1. The molecule has 17 heavy (non-hydrogen) atoms. The third kappa shape index (κ3) is 6.34. The molecule has 96 valence electrons. The van der Waals surface area contributed by atoms with Crippen LogP contribution in [-0.4, -0.2) is 19.8 Å². The molecule has 1 aromatic carbocycles. The summed E-state index contributed by atoms with van der Waals surface area (Å²) < 4.78 is 31.0. The van der Waals surface area contributed by atoms with Gasteiger partial charge in [-0.1, -0.05) is 6.92 Å². The quantitative estimate of drug-likeness (QED) is 0.709. The van der Waals surface area contributed by atoms with Crippen molar-refractivity contribution in [3.8, 4) is 0 Å². The minimum absolute atomic E-state index is 0.475. The van der Waals surface area contributed by atoms with Crippen LogP contribution in [0.3, 0.4) is 0 Å². The van der Waals surface area contributed by atoms with Crippen LogP contribution in [0, 0.1) is 11.6 Å². The lowest BCUT2D eigenvalue weighted by molar-refractivity contribution is 0.132. The second-order valence-electron chi connectivity index (χ2n) is 3.92. The Balaban J connectivity index is 2.13. The first-order valence-corrected chi connectivity index (χ1v) is 5.96. The highest BCUT2D eigenvalue weighted by Crippen LogP contribution is 2.07. The van der Waals surface area contributed by atoms with Gasteiger partial charge in [0.2, 0.25) is 0 Å². The van der Waals surface area contributed by atoms with Crippen molar-refractivity contribution in [1.82, 2.24) is 5.32 Å². The monoisotopic (exact) mass is 243 g/mol. The van der Waals surface area contributed by atoms with Crippen LogP contribution < -0.4 is 5.32 Å². The summed E-state index contributed by atoms with van der Waals surface area (Å²) in [6.07, 6.45) is 1.92. The van der Waals surface area contributed by atoms with Gasteiger partial charge in [0, 0.05) is 25.8 Å². The lowest BCUT2D eigenvalue weighted by atomic mass is 10.2. The molecule has 1 N–H and O–H groups in total. The highest BCUT2D eigenvalue weighted by atomic mass is 19.1. The second-order valence-corrected chi connectivity index (χ2v) is 3.92. The van der Waals surface area contributed by atoms with E-state index in [1.807, 2.05) is 0 Å². The molecule has 0 unspecified atom stereocenters. The van der Waals surface area contributed by atoms with E-state index in [-0.39, 0.29) is 0 Å². The van der Waals surface area contributed by atoms with Gasteiger partial charge in [0.05, 0.1) is 0 Å². The maximum absolute atomic E-state index is 12.9. The Hall–Kier alpha value is -1.00. The Morgan fingerprint density at radius 1 is 1.12 bits per heavy atom. The number of nitrogens with one attached hydrogen (secondary N) is 1. The molecule has 0 bridgehead atoms. The Bertz CT molecular complexity index is 311. The fourth-order valence-electron chi connectivity index (χ4n) is 1.49. The molecule has 4 heteroatoms. The van der Waals surface area contributed by atoms with E-state index in [1.54, 1.807) is 0 Å². The number of halogens is 2. The van der Waals surface area contributed by atoms with E-state index in [9.17, 15) is 8.78 Å². The molecular weight excluding hydrogens is 224 g/mol. The maximum Gasteiger partial charge on any atom is 0.126 e. The molecule has 0 saturated carbocycles. The lowest BCUT2D eigenvalue weighted by Crippen LogP contribution is -2.16. The molecular formula is C13H19F2NO. The van der Waals surface area contributed by atoms with Gasteiger partial charge in [-0.3, -0.25) is 0 Å². The van der Waals surface area contributed by atoms with Crippen LogP contribution in [0.2, 0.25) is 0 Å². The van der Waals surface area contributed by atoms with Gasteiger partial charge in [0.15, 0.2) is 0 Å². The molecule has 0 radical (unpaired) electrons. The van der Waals surface area contributed by atoms with Gasteiger partial charge in [-0.15, -0.1) is 0 Å². The fourth-order valence-corrected chi connectivity index (χ4v) is 1.49. The van der Waals surface area contributed by atoms with E-state index in [0.717, 1.165) is 38.7 Å². The van der Waals surface area contributed by atoms with Crippen LogP contribution >= 0.6 is 0 Å². The summed E-state index contributed by atoms with van der Waals surface area (Å²) in [5, 5.41) is 3.12. The van der Waals surface area contributed by atoms with Gasteiger partial charge in [0.1, 0.15) is 11.6 Å². The van der Waals surface area contributed by atoms with Crippen molar-refractivity contribution >= 4 is 0 Å². The number of ether oxygens (including phenoxy) is 1. The third-order valence-corrected chi connectivity index (χ3v) is 2.24. The molecule has 0 spiro atoms. The highest BCUT2D eigenvalue weighted by molar-refractivity contribution is 5.17. The number of benzene rings is 1. The summed E-state index contributed by atoms with van der Waals surface area (Å²) in [6.45, 7) is 4.83. The van der Waals surface area contributed by atoms with Gasteiger partial charge in [-0.2, -0.15) is 0 Å². The van der Waals surface area contributed by atoms with Crippen molar-refractivity contribution in [2.24, 2.45) is 0 Å². The summed E-state index contributed by atoms with van der Waals surface area (Å²) in [6, 6.07) is 3.55. The molecule has 0 aliphatic heterocycles. The minimum Gasteiger partial charge on any atom is -0.381 e. The van der Waals surface area contributed by atoms with Crippen molar-refractivity contribution in [3.63, 3.8) is 0 Å². The number of hydrogen-bond donors (Lipinski definition) is 1. The van der Waals surface area contributed by atoms with E-state index in [1.165, 1.54) is 12.1 Å². The largest absolute Gasteiger partial charge is 0.381 e. The minimum atomic E-state index is -0.534. The number of rotatable bonds is 8. The predicted octanol–water partition coefficient (Wildman–Crippen LogP) is 2.87. The van der Waals surface area contributed by atoms with Gasteiger partial charge >= 0.3 is 0 Å². The van der Waals surface area contributed by atoms with Crippen molar-refractivity contribution in [2.45, 2.75) is 26.3 Å². The molecule has 1 rings (SSSR count). The van der Waals surface area contributed by atoms with Crippen molar-refractivity contribution in [3.05, 3.63) is 35.4 Å². The molecule has 0 atom stereocenters. The van der Waals surface area contributed by atoms with E-state index >= 15 is 0 Å². The predicted molar refractivity (Wildman–Crippen MR) is 63.8 cm³/mol. The summed E-state index contributed by atoms with van der Waals surface area (Å²) in [7, 11) is 0. The smallest absolute Gasteiger partial charge is 0.126 e. The Morgan fingerprint density at radius 3 is 2.47 bits per heavy atom. The number of hydrogen-bond acceptors (Lipinski definition) is 2. The highest BCUT2D eigenvalue weighted by Gasteiger charge is 1.99. The fraction of sp³-hybridized carbons (Fsp3) is 0.538. The zero-order valence-electron chi connectivity index (χ0n) is 10.1. The third-order valence-electron chi connectivity index (χ3n) is 2.24. The maximum atomic E-state index is 12.9. The van der Waals surface area contributed by atoms with E-state index in [0.29, 0.717) is 12.1 Å². The van der Waals surface area contributed by atoms with Crippen LogP contribution in [0.1, 0.15) is 25.3 Å². The normalized spacial score (nSPS) is 10.8. The van der Waals surface area contributed by atoms with Crippen LogP contribution in [0.5, 0.6) is 0 Å². The topological polar surface area (TPSA) is 21.3 Å². The van der Waals surface area contributed by atoms with Gasteiger partial charge in [-0.05, 0) is 37.1 Å². The van der Waals surface area contributed by atoms with Crippen molar-refractivity contribution in [2.75, 3.05) is 19.8 Å². The molecule has 0 saturated heterocycles. The van der Waals surface area contributed by atoms with E-state index in [2.05, 4.69) is 12.2 Å². The average molecular weight is 243 g/mol. The molecule has 2 nitrogen and oxygen atoms in total. The van der Waals surface area contributed by atoms with Gasteiger partial charge in [-0.25, -0.2) is 8.78 Å². The van der Waals surface area contributed by atoms with Crippen LogP contribution in [0.4, 0.5) is 8.78 Å². The molecule has 0 aromatic heterocycles. The molecule has 0 amide bonds. The van der Waals surface area contributed by atoms with Gasteiger partial charge in [0.25, 0.3) is 0 Å². The lowest BCUT2D eigenvalue weighted by Gasteiger charge is -2.06. The van der Waals surface area contributed by atoms with E-state index < -0.39 is 11.6 Å².